The van der Waals surface area contributed by atoms with Crippen LogP contribution in [0, 0.1) is 5.92 Å². The number of nitrogens with zero attached hydrogens (tertiary/aromatic N) is 1. The molecule has 2 amide bonds. The van der Waals surface area contributed by atoms with Gasteiger partial charge >= 0.3 is 6.18 Å². The number of alkyl halides is 3. The van der Waals surface area contributed by atoms with E-state index in [4.69, 9.17) is 10.5 Å². The molecule has 2 heterocycles. The van der Waals surface area contributed by atoms with E-state index in [1.165, 1.54) is 31.2 Å². The number of halogens is 3. The highest BCUT2D eigenvalue weighted by Crippen LogP contribution is 2.35. The first kappa shape index (κ1) is 22.4. The standard InChI is InChI=1S/C21H22F3N3O4/c1-12(28)27-8-6-13(7-9-27)11-31-15-4-2-14(3-5-15)16-10-17(19(25)29)20(30)26-18(16)21(22,23)24/h2-5,10,13H,6-9,11H2,1H3,(H2,25,29)(H,26,30). The lowest BCUT2D eigenvalue weighted by atomic mass is 9.98. The first-order valence-corrected chi connectivity index (χ1v) is 9.69. The normalized spacial score (nSPS) is 15.0. The van der Waals surface area contributed by atoms with Crippen LogP contribution in [0.25, 0.3) is 11.1 Å². The summed E-state index contributed by atoms with van der Waals surface area (Å²) in [7, 11) is 0. The number of benzene rings is 1. The summed E-state index contributed by atoms with van der Waals surface area (Å²) in [6, 6.07) is 6.73. The Balaban J connectivity index is 1.75. The molecule has 2 aromatic rings. The molecule has 0 atom stereocenters. The van der Waals surface area contributed by atoms with E-state index < -0.39 is 28.9 Å². The molecule has 10 heteroatoms. The first-order valence-electron chi connectivity index (χ1n) is 9.69. The molecule has 7 nitrogen and oxygen atoms in total. The zero-order valence-electron chi connectivity index (χ0n) is 16.8. The number of primary amides is 1. The minimum atomic E-state index is -4.82. The minimum Gasteiger partial charge on any atom is -0.493 e. The minimum absolute atomic E-state index is 0.0509. The zero-order chi connectivity index (χ0) is 22.8. The van der Waals surface area contributed by atoms with Gasteiger partial charge in [-0.25, -0.2) is 0 Å². The van der Waals surface area contributed by atoms with E-state index in [-0.39, 0.29) is 23.0 Å². The van der Waals surface area contributed by atoms with Gasteiger partial charge in [-0.3, -0.25) is 14.4 Å². The molecule has 1 fully saturated rings. The number of hydrogen-bond acceptors (Lipinski definition) is 4. The Morgan fingerprint density at radius 1 is 1.19 bits per heavy atom. The fraction of sp³-hybridized carbons (Fsp3) is 0.381. The van der Waals surface area contributed by atoms with E-state index in [2.05, 4.69) is 0 Å². The molecule has 3 rings (SSSR count). The number of H-pyrrole nitrogens is 1. The number of aromatic nitrogens is 1. The molecule has 0 bridgehead atoms. The van der Waals surface area contributed by atoms with Gasteiger partial charge in [0.05, 0.1) is 6.61 Å². The third-order valence-corrected chi connectivity index (χ3v) is 5.30. The van der Waals surface area contributed by atoms with Crippen LogP contribution in [-0.4, -0.2) is 41.4 Å². The summed E-state index contributed by atoms with van der Waals surface area (Å²) in [6.45, 7) is 3.33. The van der Waals surface area contributed by atoms with Gasteiger partial charge in [-0.05, 0) is 42.5 Å². The second-order valence-corrected chi connectivity index (χ2v) is 7.45. The van der Waals surface area contributed by atoms with Crippen LogP contribution >= 0.6 is 0 Å². The molecular formula is C21H22F3N3O4. The Morgan fingerprint density at radius 3 is 2.32 bits per heavy atom. The summed E-state index contributed by atoms with van der Waals surface area (Å²) < 4.78 is 45.9. The fourth-order valence-corrected chi connectivity index (χ4v) is 3.52. The van der Waals surface area contributed by atoms with E-state index in [1.807, 2.05) is 0 Å². The largest absolute Gasteiger partial charge is 0.493 e. The number of amides is 2. The second kappa shape index (κ2) is 8.83. The van der Waals surface area contributed by atoms with Crippen LogP contribution in [0.4, 0.5) is 13.2 Å². The highest BCUT2D eigenvalue weighted by molar-refractivity contribution is 5.94. The Hall–Kier alpha value is -3.30. The molecule has 1 aliphatic rings. The van der Waals surface area contributed by atoms with E-state index in [0.717, 1.165) is 18.9 Å². The average Bonchev–Trinajstić information content (AvgIpc) is 2.72. The van der Waals surface area contributed by atoms with Crippen molar-refractivity contribution in [3.05, 3.63) is 51.9 Å². The second-order valence-electron chi connectivity index (χ2n) is 7.45. The summed E-state index contributed by atoms with van der Waals surface area (Å²) in [6.07, 6.45) is -3.19. The Kier molecular flexibility index (Phi) is 6.37. The fourth-order valence-electron chi connectivity index (χ4n) is 3.52. The van der Waals surface area contributed by atoms with Crippen molar-refractivity contribution in [1.29, 1.82) is 0 Å². The van der Waals surface area contributed by atoms with Gasteiger partial charge < -0.3 is 20.4 Å². The third-order valence-electron chi connectivity index (χ3n) is 5.30. The van der Waals surface area contributed by atoms with Crippen LogP contribution in [0.1, 0.15) is 35.8 Å². The monoisotopic (exact) mass is 437 g/mol. The lowest BCUT2D eigenvalue weighted by Crippen LogP contribution is -2.38. The molecule has 0 unspecified atom stereocenters. The van der Waals surface area contributed by atoms with E-state index in [1.54, 1.807) is 9.88 Å². The summed E-state index contributed by atoms with van der Waals surface area (Å²) >= 11 is 0. The van der Waals surface area contributed by atoms with Crippen LogP contribution in [0.5, 0.6) is 5.75 Å². The third kappa shape index (κ3) is 5.25. The van der Waals surface area contributed by atoms with Crippen molar-refractivity contribution in [1.82, 2.24) is 9.88 Å². The molecule has 1 aromatic heterocycles. The number of pyridine rings is 1. The Labute approximate surface area is 176 Å². The predicted molar refractivity (Wildman–Crippen MR) is 106 cm³/mol. The van der Waals surface area contributed by atoms with Crippen molar-refractivity contribution in [2.75, 3.05) is 19.7 Å². The van der Waals surface area contributed by atoms with Crippen LogP contribution in [0.2, 0.25) is 0 Å². The lowest BCUT2D eigenvalue weighted by Gasteiger charge is -2.31. The lowest BCUT2D eigenvalue weighted by molar-refractivity contribution is -0.140. The molecule has 0 spiro atoms. The summed E-state index contributed by atoms with van der Waals surface area (Å²) in [5.74, 6) is -0.308. The number of nitrogens with one attached hydrogen (secondary N) is 1. The number of aromatic amines is 1. The molecule has 166 valence electrons. The molecule has 3 N–H and O–H groups in total. The van der Waals surface area contributed by atoms with Crippen molar-refractivity contribution in [2.24, 2.45) is 11.7 Å². The maximum Gasteiger partial charge on any atom is 0.431 e. The van der Waals surface area contributed by atoms with Crippen molar-refractivity contribution in [2.45, 2.75) is 25.9 Å². The number of carbonyl (C=O) groups excluding carboxylic acids is 2. The maximum atomic E-state index is 13.4. The number of likely N-dealkylation sites (tertiary alicyclic amines) is 1. The zero-order valence-corrected chi connectivity index (χ0v) is 16.8. The topological polar surface area (TPSA) is 105 Å². The van der Waals surface area contributed by atoms with Gasteiger partial charge in [0.15, 0.2) is 0 Å². The number of carbonyl (C=O) groups is 2. The quantitative estimate of drug-likeness (QED) is 0.750. The van der Waals surface area contributed by atoms with Gasteiger partial charge in [-0.15, -0.1) is 0 Å². The summed E-state index contributed by atoms with van der Waals surface area (Å²) in [5.41, 5.74) is 1.88. The van der Waals surface area contributed by atoms with E-state index in [9.17, 15) is 27.6 Å². The molecule has 31 heavy (non-hydrogen) atoms. The molecule has 1 aliphatic heterocycles. The highest BCUT2D eigenvalue weighted by atomic mass is 19.4. The molecule has 1 saturated heterocycles. The van der Waals surface area contributed by atoms with Crippen LogP contribution in [-0.2, 0) is 11.0 Å². The number of ether oxygens (including phenoxy) is 1. The van der Waals surface area contributed by atoms with Gasteiger partial charge in [-0.1, -0.05) is 12.1 Å². The van der Waals surface area contributed by atoms with Crippen molar-refractivity contribution in [3.63, 3.8) is 0 Å². The summed E-state index contributed by atoms with van der Waals surface area (Å²) in [4.78, 5) is 38.0. The van der Waals surface area contributed by atoms with Crippen LogP contribution in [0.3, 0.4) is 0 Å². The SMILES string of the molecule is CC(=O)N1CCC(COc2ccc(-c3cc(C(N)=O)c(=O)[nH]c3C(F)(F)F)cc2)CC1. The van der Waals surface area contributed by atoms with Gasteiger partial charge in [0.1, 0.15) is 17.0 Å². The smallest absolute Gasteiger partial charge is 0.431 e. The van der Waals surface area contributed by atoms with E-state index in [0.29, 0.717) is 25.4 Å². The Morgan fingerprint density at radius 2 is 1.81 bits per heavy atom. The highest BCUT2D eigenvalue weighted by Gasteiger charge is 2.36. The maximum absolute atomic E-state index is 13.4. The molecule has 0 aliphatic carbocycles. The van der Waals surface area contributed by atoms with Gasteiger partial charge in [0.2, 0.25) is 5.91 Å². The van der Waals surface area contributed by atoms with Crippen LogP contribution in [0.15, 0.2) is 35.1 Å². The number of piperidine rings is 1. The predicted octanol–water partition coefficient (Wildman–Crippen LogP) is 2.80. The van der Waals surface area contributed by atoms with Gasteiger partial charge in [0, 0.05) is 25.6 Å². The van der Waals surface area contributed by atoms with Crippen molar-refractivity contribution in [3.8, 4) is 16.9 Å². The average molecular weight is 437 g/mol. The summed E-state index contributed by atoms with van der Waals surface area (Å²) in [5, 5.41) is 0. The number of nitrogens with two attached hydrogens (primary N) is 1. The van der Waals surface area contributed by atoms with Crippen LogP contribution < -0.4 is 16.0 Å². The van der Waals surface area contributed by atoms with Gasteiger partial charge in [-0.2, -0.15) is 13.2 Å². The number of hydrogen-bond donors (Lipinski definition) is 2. The molecule has 0 radical (unpaired) electrons. The van der Waals surface area contributed by atoms with Gasteiger partial charge in [0.25, 0.3) is 11.5 Å². The van der Waals surface area contributed by atoms with Crippen molar-refractivity contribution < 1.29 is 27.5 Å². The molecule has 0 saturated carbocycles. The van der Waals surface area contributed by atoms with Crippen molar-refractivity contribution >= 4 is 11.8 Å². The van der Waals surface area contributed by atoms with E-state index >= 15 is 0 Å². The molecule has 1 aromatic carbocycles. The first-order chi connectivity index (χ1) is 14.6. The Bertz CT molecular complexity index is 1020. The molecular weight excluding hydrogens is 415 g/mol. The number of rotatable bonds is 5.